The van der Waals surface area contributed by atoms with Crippen LogP contribution in [0.5, 0.6) is 0 Å². The zero-order valence-corrected chi connectivity index (χ0v) is 8.65. The summed E-state index contributed by atoms with van der Waals surface area (Å²) in [4.78, 5) is 0. The molecule has 0 rings (SSSR count). The van der Waals surface area contributed by atoms with Gasteiger partial charge in [-0.25, -0.2) is 0 Å². The molecule has 0 N–H and O–H groups in total. The summed E-state index contributed by atoms with van der Waals surface area (Å²) < 4.78 is 0. The molecule has 0 aliphatic rings. The third kappa shape index (κ3) is 5.06. The molecule has 0 radical (unpaired) electrons. The summed E-state index contributed by atoms with van der Waals surface area (Å²) in [7, 11) is 0. The van der Waals surface area contributed by atoms with Crippen LogP contribution in [0.3, 0.4) is 0 Å². The second-order valence-electron chi connectivity index (χ2n) is 3.87. The molecule has 0 aromatic heterocycles. The number of allylic oxidation sites excluding steroid dienone is 2. The van der Waals surface area contributed by atoms with Gasteiger partial charge in [-0.3, -0.25) is 0 Å². The lowest BCUT2D eigenvalue weighted by Gasteiger charge is -2.15. The van der Waals surface area contributed by atoms with Gasteiger partial charge in [0.1, 0.15) is 0 Å². The van der Waals surface area contributed by atoms with Gasteiger partial charge in [0.05, 0.1) is 0 Å². The molecule has 0 bridgehead atoms. The standard InChI is InChI=1S/C11H22/c1-6-7-10(4)11(5)8-9(2)3/h8,10-11H,6-7H2,1-5H3. The Hall–Kier alpha value is -0.260. The molecule has 11 heavy (non-hydrogen) atoms. The summed E-state index contributed by atoms with van der Waals surface area (Å²) in [5.41, 5.74) is 1.44. The van der Waals surface area contributed by atoms with Gasteiger partial charge >= 0.3 is 0 Å². The van der Waals surface area contributed by atoms with Crippen molar-refractivity contribution < 1.29 is 0 Å². The van der Waals surface area contributed by atoms with E-state index in [4.69, 9.17) is 0 Å². The first-order valence-electron chi connectivity index (χ1n) is 4.73. The Labute approximate surface area is 71.7 Å². The predicted octanol–water partition coefficient (Wildman–Crippen LogP) is 4.02. The first-order chi connectivity index (χ1) is 5.07. The zero-order chi connectivity index (χ0) is 8.85. The van der Waals surface area contributed by atoms with E-state index in [1.807, 2.05) is 0 Å². The summed E-state index contributed by atoms with van der Waals surface area (Å²) >= 11 is 0. The van der Waals surface area contributed by atoms with Crippen LogP contribution in [0.15, 0.2) is 11.6 Å². The van der Waals surface area contributed by atoms with Crippen molar-refractivity contribution in [1.82, 2.24) is 0 Å². The zero-order valence-electron chi connectivity index (χ0n) is 8.65. The Morgan fingerprint density at radius 2 is 1.82 bits per heavy atom. The summed E-state index contributed by atoms with van der Waals surface area (Å²) in [6, 6.07) is 0. The third-order valence-electron chi connectivity index (χ3n) is 2.24. The lowest BCUT2D eigenvalue weighted by Crippen LogP contribution is -2.04. The largest absolute Gasteiger partial charge is 0.0828 e. The fraction of sp³-hybridized carbons (Fsp3) is 0.818. The monoisotopic (exact) mass is 154 g/mol. The number of hydrogen-bond acceptors (Lipinski definition) is 0. The van der Waals surface area contributed by atoms with Gasteiger partial charge < -0.3 is 0 Å². The van der Waals surface area contributed by atoms with Gasteiger partial charge in [0.2, 0.25) is 0 Å². The minimum absolute atomic E-state index is 0.750. The van der Waals surface area contributed by atoms with E-state index < -0.39 is 0 Å². The van der Waals surface area contributed by atoms with Gasteiger partial charge in [-0.2, -0.15) is 0 Å². The SMILES string of the molecule is CCCC(C)C(C)C=C(C)C. The van der Waals surface area contributed by atoms with E-state index in [9.17, 15) is 0 Å². The normalized spacial score (nSPS) is 15.7. The molecule has 0 heterocycles. The lowest BCUT2D eigenvalue weighted by atomic mass is 9.90. The van der Waals surface area contributed by atoms with Crippen molar-refractivity contribution in [2.75, 3.05) is 0 Å². The van der Waals surface area contributed by atoms with Gasteiger partial charge in [0.25, 0.3) is 0 Å². The van der Waals surface area contributed by atoms with E-state index in [1.165, 1.54) is 18.4 Å². The molecule has 0 aliphatic heterocycles. The highest BCUT2D eigenvalue weighted by Crippen LogP contribution is 2.18. The van der Waals surface area contributed by atoms with Gasteiger partial charge in [0, 0.05) is 0 Å². The van der Waals surface area contributed by atoms with Crippen molar-refractivity contribution in [2.24, 2.45) is 11.8 Å². The average Bonchev–Trinajstić information content (AvgIpc) is 1.86. The molecule has 66 valence electrons. The Morgan fingerprint density at radius 3 is 2.18 bits per heavy atom. The van der Waals surface area contributed by atoms with Crippen LogP contribution >= 0.6 is 0 Å². The molecule has 0 aromatic carbocycles. The van der Waals surface area contributed by atoms with E-state index in [1.54, 1.807) is 0 Å². The first-order valence-corrected chi connectivity index (χ1v) is 4.73. The fourth-order valence-electron chi connectivity index (χ4n) is 1.41. The molecule has 2 atom stereocenters. The maximum Gasteiger partial charge on any atom is -0.0234 e. The van der Waals surface area contributed by atoms with Crippen molar-refractivity contribution in [2.45, 2.75) is 47.5 Å². The average molecular weight is 154 g/mol. The summed E-state index contributed by atoms with van der Waals surface area (Å²) in [5, 5.41) is 0. The maximum atomic E-state index is 2.38. The van der Waals surface area contributed by atoms with E-state index in [-0.39, 0.29) is 0 Å². The van der Waals surface area contributed by atoms with Crippen LogP contribution in [0.2, 0.25) is 0 Å². The van der Waals surface area contributed by atoms with Gasteiger partial charge in [-0.15, -0.1) is 0 Å². The molecule has 0 heteroatoms. The highest BCUT2D eigenvalue weighted by molar-refractivity contribution is 4.97. The molecule has 0 nitrogen and oxygen atoms in total. The van der Waals surface area contributed by atoms with Crippen molar-refractivity contribution in [3.63, 3.8) is 0 Å². The minimum Gasteiger partial charge on any atom is -0.0828 e. The number of rotatable bonds is 4. The van der Waals surface area contributed by atoms with Gasteiger partial charge in [-0.05, 0) is 25.7 Å². The molecular weight excluding hydrogens is 132 g/mol. The molecule has 0 fully saturated rings. The Balaban J connectivity index is 3.82. The van der Waals surface area contributed by atoms with E-state index in [0.717, 1.165) is 11.8 Å². The predicted molar refractivity (Wildman–Crippen MR) is 52.7 cm³/mol. The molecule has 0 aromatic rings. The molecule has 0 aliphatic carbocycles. The maximum absolute atomic E-state index is 2.38. The van der Waals surface area contributed by atoms with Crippen LogP contribution in [-0.4, -0.2) is 0 Å². The van der Waals surface area contributed by atoms with E-state index >= 15 is 0 Å². The second-order valence-corrected chi connectivity index (χ2v) is 3.87. The smallest absolute Gasteiger partial charge is 0.0234 e. The van der Waals surface area contributed by atoms with E-state index in [2.05, 4.69) is 40.7 Å². The molecule has 0 amide bonds. The molecule has 0 spiro atoms. The Kier molecular flexibility index (Phi) is 5.27. The lowest BCUT2D eigenvalue weighted by molar-refractivity contribution is 0.422. The summed E-state index contributed by atoms with van der Waals surface area (Å²) in [6.45, 7) is 11.3. The first kappa shape index (κ1) is 10.7. The van der Waals surface area contributed by atoms with Crippen LogP contribution in [0.25, 0.3) is 0 Å². The summed E-state index contributed by atoms with van der Waals surface area (Å²) in [6.07, 6.45) is 5.04. The third-order valence-corrected chi connectivity index (χ3v) is 2.24. The minimum atomic E-state index is 0.750. The van der Waals surface area contributed by atoms with Crippen LogP contribution in [0.1, 0.15) is 47.5 Å². The summed E-state index contributed by atoms with van der Waals surface area (Å²) in [5.74, 6) is 1.59. The second kappa shape index (κ2) is 5.40. The van der Waals surface area contributed by atoms with Gasteiger partial charge in [0.15, 0.2) is 0 Å². The van der Waals surface area contributed by atoms with Crippen LogP contribution in [-0.2, 0) is 0 Å². The molecule has 0 saturated carbocycles. The topological polar surface area (TPSA) is 0 Å². The Bertz CT molecular complexity index is 118. The van der Waals surface area contributed by atoms with Crippen LogP contribution in [0.4, 0.5) is 0 Å². The number of hydrogen-bond donors (Lipinski definition) is 0. The molecule has 2 unspecified atom stereocenters. The van der Waals surface area contributed by atoms with Crippen molar-refractivity contribution >= 4 is 0 Å². The van der Waals surface area contributed by atoms with E-state index in [0.29, 0.717) is 0 Å². The fourth-order valence-corrected chi connectivity index (χ4v) is 1.41. The van der Waals surface area contributed by atoms with Crippen molar-refractivity contribution in [1.29, 1.82) is 0 Å². The van der Waals surface area contributed by atoms with Gasteiger partial charge in [-0.1, -0.05) is 45.3 Å². The molecule has 0 saturated heterocycles. The van der Waals surface area contributed by atoms with Crippen LogP contribution < -0.4 is 0 Å². The highest BCUT2D eigenvalue weighted by Gasteiger charge is 2.07. The molecular formula is C11H22. The quantitative estimate of drug-likeness (QED) is 0.536. The van der Waals surface area contributed by atoms with Crippen molar-refractivity contribution in [3.8, 4) is 0 Å². The van der Waals surface area contributed by atoms with Crippen molar-refractivity contribution in [3.05, 3.63) is 11.6 Å². The Morgan fingerprint density at radius 1 is 1.27 bits per heavy atom. The van der Waals surface area contributed by atoms with Crippen LogP contribution in [0, 0.1) is 11.8 Å². The highest BCUT2D eigenvalue weighted by atomic mass is 14.1.